The Morgan fingerprint density at radius 1 is 1.36 bits per heavy atom. The maximum Gasteiger partial charge on any atom is 0.220 e. The topological polar surface area (TPSA) is 41.6 Å². The normalized spacial score (nSPS) is 15.4. The lowest BCUT2D eigenvalue weighted by molar-refractivity contribution is -0.123. The van der Waals surface area contributed by atoms with E-state index in [-0.39, 0.29) is 17.4 Å². The molecular weight excluding hydrogens is 276 g/mol. The molecule has 0 saturated heterocycles. The van der Waals surface area contributed by atoms with Gasteiger partial charge < -0.3 is 15.0 Å². The second-order valence-electron chi connectivity index (χ2n) is 7.49. The molecule has 0 spiro atoms. The Labute approximate surface area is 133 Å². The molecule has 0 aromatic heterocycles. The molecule has 1 aliphatic heterocycles. The largest absolute Gasteiger partial charge is 0.493 e. The summed E-state index contributed by atoms with van der Waals surface area (Å²) in [6, 6.07) is 6.54. The molecule has 1 atom stereocenters. The Balaban J connectivity index is 2.03. The summed E-state index contributed by atoms with van der Waals surface area (Å²) in [5.74, 6) is 1.11. The lowest BCUT2D eigenvalue weighted by Gasteiger charge is -2.26. The van der Waals surface area contributed by atoms with Crippen LogP contribution in [0.5, 0.6) is 5.75 Å². The molecule has 1 aliphatic rings. The average molecular weight is 304 g/mol. The number of carbonyl (C=O) groups is 1. The van der Waals surface area contributed by atoms with Gasteiger partial charge in [0.1, 0.15) is 5.75 Å². The van der Waals surface area contributed by atoms with Crippen molar-refractivity contribution < 1.29 is 9.53 Å². The van der Waals surface area contributed by atoms with Gasteiger partial charge in [-0.3, -0.25) is 4.79 Å². The van der Waals surface area contributed by atoms with Crippen molar-refractivity contribution in [2.45, 2.75) is 39.7 Å². The van der Waals surface area contributed by atoms with Gasteiger partial charge in [0.15, 0.2) is 0 Å². The van der Waals surface area contributed by atoms with E-state index in [2.05, 4.69) is 43.1 Å². The first-order valence-corrected chi connectivity index (χ1v) is 7.95. The van der Waals surface area contributed by atoms with Crippen LogP contribution in [0.1, 0.15) is 44.4 Å². The second kappa shape index (κ2) is 6.69. The van der Waals surface area contributed by atoms with Crippen LogP contribution in [-0.4, -0.2) is 38.1 Å². The number of amides is 1. The highest BCUT2D eigenvalue weighted by atomic mass is 16.5. The number of benzene rings is 1. The number of hydrogen-bond donors (Lipinski definition) is 1. The summed E-state index contributed by atoms with van der Waals surface area (Å²) >= 11 is 0. The van der Waals surface area contributed by atoms with Crippen LogP contribution in [0.25, 0.3) is 0 Å². The molecule has 4 heteroatoms. The first kappa shape index (κ1) is 16.8. The molecule has 0 saturated carbocycles. The van der Waals surface area contributed by atoms with Crippen LogP contribution in [-0.2, 0) is 11.2 Å². The summed E-state index contributed by atoms with van der Waals surface area (Å²) in [6.07, 6.45) is 1.52. The van der Waals surface area contributed by atoms with Crippen molar-refractivity contribution in [3.8, 4) is 5.75 Å². The van der Waals surface area contributed by atoms with Crippen molar-refractivity contribution in [1.29, 1.82) is 0 Å². The van der Waals surface area contributed by atoms with E-state index >= 15 is 0 Å². The number of fused-ring (bicyclic) bond motifs is 1. The van der Waals surface area contributed by atoms with Crippen LogP contribution in [0, 0.1) is 5.41 Å². The molecule has 1 aromatic rings. The molecule has 122 valence electrons. The van der Waals surface area contributed by atoms with E-state index < -0.39 is 0 Å². The number of ether oxygens (including phenoxy) is 1. The summed E-state index contributed by atoms with van der Waals surface area (Å²) in [4.78, 5) is 14.2. The third kappa shape index (κ3) is 4.47. The number of carbonyl (C=O) groups excluding carboxylic acids is 1. The minimum atomic E-state index is 0.0165. The molecule has 4 nitrogen and oxygen atoms in total. The average Bonchev–Trinajstić information content (AvgIpc) is 2.83. The van der Waals surface area contributed by atoms with E-state index in [4.69, 9.17) is 4.74 Å². The maximum absolute atomic E-state index is 12.1. The zero-order chi connectivity index (χ0) is 16.3. The lowest BCUT2D eigenvalue weighted by atomic mass is 9.92. The number of nitrogens with zero attached hydrogens (tertiary/aromatic N) is 1. The van der Waals surface area contributed by atoms with Crippen molar-refractivity contribution in [2.75, 3.05) is 27.2 Å². The predicted octanol–water partition coefficient (Wildman–Crippen LogP) is 2.78. The summed E-state index contributed by atoms with van der Waals surface area (Å²) in [5, 5.41) is 3.07. The fraction of sp³-hybridized carbons (Fsp3) is 0.611. The predicted molar refractivity (Wildman–Crippen MR) is 89.2 cm³/mol. The van der Waals surface area contributed by atoms with Crippen molar-refractivity contribution in [3.63, 3.8) is 0 Å². The van der Waals surface area contributed by atoms with Gasteiger partial charge in [0.25, 0.3) is 0 Å². The van der Waals surface area contributed by atoms with Crippen LogP contribution in [0.2, 0.25) is 0 Å². The van der Waals surface area contributed by atoms with Gasteiger partial charge in [-0.25, -0.2) is 0 Å². The van der Waals surface area contributed by atoms with Gasteiger partial charge in [-0.2, -0.15) is 0 Å². The fourth-order valence-corrected chi connectivity index (χ4v) is 2.77. The maximum atomic E-state index is 12.1. The minimum absolute atomic E-state index is 0.0165. The van der Waals surface area contributed by atoms with Gasteiger partial charge in [-0.05, 0) is 36.7 Å². The van der Waals surface area contributed by atoms with Crippen molar-refractivity contribution >= 4 is 5.91 Å². The Morgan fingerprint density at radius 2 is 2.09 bits per heavy atom. The summed E-state index contributed by atoms with van der Waals surface area (Å²) < 4.78 is 5.56. The number of nitrogens with one attached hydrogen (secondary N) is 1. The fourth-order valence-electron chi connectivity index (χ4n) is 2.77. The van der Waals surface area contributed by atoms with Crippen LogP contribution in [0.3, 0.4) is 0 Å². The zero-order valence-electron chi connectivity index (χ0n) is 14.4. The van der Waals surface area contributed by atoms with E-state index in [1.54, 1.807) is 0 Å². The number of likely N-dealkylation sites (N-methyl/N-ethyl adjacent to an activating group) is 1. The molecule has 22 heavy (non-hydrogen) atoms. The van der Waals surface area contributed by atoms with E-state index in [0.717, 1.165) is 18.8 Å². The molecule has 0 fully saturated rings. The zero-order valence-corrected chi connectivity index (χ0v) is 14.4. The molecule has 1 N–H and O–H groups in total. The minimum Gasteiger partial charge on any atom is -0.493 e. The molecule has 0 radical (unpaired) electrons. The highest BCUT2D eigenvalue weighted by Gasteiger charge is 2.21. The monoisotopic (exact) mass is 304 g/mol. The molecular formula is C18H28N2O2. The molecule has 1 heterocycles. The van der Waals surface area contributed by atoms with Crippen LogP contribution < -0.4 is 10.1 Å². The van der Waals surface area contributed by atoms with Crippen LogP contribution in [0.4, 0.5) is 0 Å². The first-order valence-electron chi connectivity index (χ1n) is 7.95. The second-order valence-corrected chi connectivity index (χ2v) is 7.49. The van der Waals surface area contributed by atoms with Crippen molar-refractivity contribution in [3.05, 3.63) is 29.3 Å². The van der Waals surface area contributed by atoms with Gasteiger partial charge in [-0.1, -0.05) is 32.9 Å². The molecule has 0 aliphatic carbocycles. The van der Waals surface area contributed by atoms with E-state index in [9.17, 15) is 4.79 Å². The molecule has 1 unspecified atom stereocenters. The third-order valence-corrected chi connectivity index (χ3v) is 3.91. The summed E-state index contributed by atoms with van der Waals surface area (Å²) in [7, 11) is 4.09. The summed E-state index contributed by atoms with van der Waals surface area (Å²) in [6.45, 7) is 7.64. The highest BCUT2D eigenvalue weighted by molar-refractivity contribution is 5.76. The van der Waals surface area contributed by atoms with Gasteiger partial charge in [0.05, 0.1) is 12.6 Å². The van der Waals surface area contributed by atoms with Crippen molar-refractivity contribution in [2.24, 2.45) is 5.41 Å². The van der Waals surface area contributed by atoms with Crippen LogP contribution in [0.15, 0.2) is 18.2 Å². The molecule has 1 amide bonds. The first-order chi connectivity index (χ1) is 10.3. The van der Waals surface area contributed by atoms with Gasteiger partial charge >= 0.3 is 0 Å². The standard InChI is InChI=1S/C18H28N2O2/c1-18(2,3)11-17(21)19-12-15(20(4)5)13-6-7-16-14(10-13)8-9-22-16/h6-7,10,15H,8-9,11-12H2,1-5H3,(H,19,21). The molecule has 2 rings (SSSR count). The molecule has 1 aromatic carbocycles. The SMILES string of the molecule is CN(C)C(CNC(=O)CC(C)(C)C)c1ccc2c(c1)CCO2. The Hall–Kier alpha value is -1.55. The van der Waals surface area contributed by atoms with Gasteiger partial charge in [0, 0.05) is 19.4 Å². The number of hydrogen-bond acceptors (Lipinski definition) is 3. The lowest BCUT2D eigenvalue weighted by Crippen LogP contribution is -2.36. The quantitative estimate of drug-likeness (QED) is 0.909. The Bertz CT molecular complexity index is 532. The van der Waals surface area contributed by atoms with E-state index in [1.165, 1.54) is 11.1 Å². The van der Waals surface area contributed by atoms with E-state index in [1.807, 2.05) is 20.2 Å². The third-order valence-electron chi connectivity index (χ3n) is 3.91. The Kier molecular flexibility index (Phi) is 5.12. The highest BCUT2D eigenvalue weighted by Crippen LogP contribution is 2.29. The number of rotatable bonds is 5. The summed E-state index contributed by atoms with van der Waals surface area (Å²) in [5.41, 5.74) is 2.51. The molecule has 0 bridgehead atoms. The van der Waals surface area contributed by atoms with Gasteiger partial charge in [0.2, 0.25) is 5.91 Å². The smallest absolute Gasteiger partial charge is 0.220 e. The van der Waals surface area contributed by atoms with Crippen LogP contribution >= 0.6 is 0 Å². The van der Waals surface area contributed by atoms with Crippen molar-refractivity contribution in [1.82, 2.24) is 10.2 Å². The van der Waals surface area contributed by atoms with E-state index in [0.29, 0.717) is 13.0 Å². The van der Waals surface area contributed by atoms with Gasteiger partial charge in [-0.15, -0.1) is 0 Å². The Morgan fingerprint density at radius 3 is 2.73 bits per heavy atom.